The molecule has 0 bridgehead atoms. The molecule has 0 spiro atoms. The molecule has 0 radical (unpaired) electrons. The minimum absolute atomic E-state index is 0.132. The third kappa shape index (κ3) is 3.03. The Balaban J connectivity index is 1.46. The minimum Gasteiger partial charge on any atom is -0.365 e. The van der Waals surface area contributed by atoms with Gasteiger partial charge in [0.2, 0.25) is 0 Å². The van der Waals surface area contributed by atoms with E-state index in [1.165, 1.54) is 31.0 Å². The molecule has 1 aliphatic heterocycles. The SMILES string of the molecule is Fc1cccc(F)c1-c1ccc(NC2CCN(C3CC3)C2)nn1. The molecule has 2 heterocycles. The fraction of sp³-hybridized carbons (Fsp3) is 0.412. The number of nitrogens with one attached hydrogen (secondary N) is 1. The molecule has 1 saturated carbocycles. The molecule has 1 aliphatic carbocycles. The highest BCUT2D eigenvalue weighted by molar-refractivity contribution is 5.61. The molecule has 4 rings (SSSR count). The van der Waals surface area contributed by atoms with Gasteiger partial charge in [-0.2, -0.15) is 0 Å². The van der Waals surface area contributed by atoms with Gasteiger partial charge in [0.05, 0.1) is 11.3 Å². The Kier molecular flexibility index (Phi) is 3.69. The van der Waals surface area contributed by atoms with E-state index in [1.807, 2.05) is 0 Å². The maximum absolute atomic E-state index is 13.8. The predicted octanol–water partition coefficient (Wildman–Crippen LogP) is 3.07. The van der Waals surface area contributed by atoms with Gasteiger partial charge in [-0.3, -0.25) is 4.90 Å². The van der Waals surface area contributed by atoms with Crippen molar-refractivity contribution in [2.45, 2.75) is 31.3 Å². The van der Waals surface area contributed by atoms with Crippen LogP contribution in [0.5, 0.6) is 0 Å². The van der Waals surface area contributed by atoms with E-state index in [0.29, 0.717) is 11.9 Å². The van der Waals surface area contributed by atoms with Crippen LogP contribution in [0.1, 0.15) is 19.3 Å². The number of halogens is 2. The average molecular weight is 316 g/mol. The molecule has 1 aromatic heterocycles. The number of aromatic nitrogens is 2. The number of benzene rings is 1. The van der Waals surface area contributed by atoms with Crippen molar-refractivity contribution in [1.29, 1.82) is 0 Å². The fourth-order valence-electron chi connectivity index (χ4n) is 3.17. The van der Waals surface area contributed by atoms with Crippen molar-refractivity contribution >= 4 is 5.82 Å². The van der Waals surface area contributed by atoms with Crippen molar-refractivity contribution in [2.75, 3.05) is 18.4 Å². The maximum Gasteiger partial charge on any atom is 0.148 e. The van der Waals surface area contributed by atoms with Crippen LogP contribution in [0.15, 0.2) is 30.3 Å². The minimum atomic E-state index is -0.629. The van der Waals surface area contributed by atoms with E-state index in [4.69, 9.17) is 0 Å². The molecule has 120 valence electrons. The molecule has 2 aromatic rings. The van der Waals surface area contributed by atoms with Gasteiger partial charge in [0.1, 0.15) is 17.5 Å². The number of anilines is 1. The van der Waals surface area contributed by atoms with E-state index in [9.17, 15) is 8.78 Å². The summed E-state index contributed by atoms with van der Waals surface area (Å²) in [5.74, 6) is -0.611. The first-order valence-corrected chi connectivity index (χ1v) is 7.99. The molecule has 1 unspecified atom stereocenters. The molecule has 0 amide bonds. The lowest BCUT2D eigenvalue weighted by Gasteiger charge is -2.16. The monoisotopic (exact) mass is 316 g/mol. The lowest BCUT2D eigenvalue weighted by molar-refractivity contribution is 0.326. The first-order chi connectivity index (χ1) is 11.2. The molecule has 4 nitrogen and oxygen atoms in total. The van der Waals surface area contributed by atoms with Gasteiger partial charge in [-0.05, 0) is 43.5 Å². The van der Waals surface area contributed by atoms with Crippen molar-refractivity contribution in [3.8, 4) is 11.3 Å². The van der Waals surface area contributed by atoms with Crippen LogP contribution in [0.3, 0.4) is 0 Å². The third-order valence-electron chi connectivity index (χ3n) is 4.52. The largest absolute Gasteiger partial charge is 0.365 e. The van der Waals surface area contributed by atoms with Gasteiger partial charge in [-0.1, -0.05) is 6.07 Å². The van der Waals surface area contributed by atoms with Gasteiger partial charge >= 0.3 is 0 Å². The highest BCUT2D eigenvalue weighted by atomic mass is 19.1. The van der Waals surface area contributed by atoms with E-state index >= 15 is 0 Å². The molecule has 6 heteroatoms. The van der Waals surface area contributed by atoms with E-state index in [1.54, 1.807) is 12.1 Å². The lowest BCUT2D eigenvalue weighted by Crippen LogP contribution is -2.28. The van der Waals surface area contributed by atoms with Gasteiger partial charge in [0, 0.05) is 25.2 Å². The molecular weight excluding hydrogens is 298 g/mol. The second kappa shape index (κ2) is 5.85. The number of nitrogens with zero attached hydrogens (tertiary/aromatic N) is 3. The normalized spacial score (nSPS) is 21.6. The Morgan fingerprint density at radius 2 is 1.78 bits per heavy atom. The van der Waals surface area contributed by atoms with Crippen LogP contribution < -0.4 is 5.32 Å². The van der Waals surface area contributed by atoms with Crippen molar-refractivity contribution in [1.82, 2.24) is 15.1 Å². The summed E-state index contributed by atoms with van der Waals surface area (Å²) in [5.41, 5.74) is 0.0736. The second-order valence-electron chi connectivity index (χ2n) is 6.26. The predicted molar refractivity (Wildman–Crippen MR) is 84.0 cm³/mol. The van der Waals surface area contributed by atoms with Crippen molar-refractivity contribution in [3.63, 3.8) is 0 Å². The zero-order valence-electron chi connectivity index (χ0n) is 12.7. The maximum atomic E-state index is 13.8. The molecule has 1 N–H and O–H groups in total. The van der Waals surface area contributed by atoms with Gasteiger partial charge in [0.15, 0.2) is 0 Å². The van der Waals surface area contributed by atoms with Crippen molar-refractivity contribution in [3.05, 3.63) is 42.0 Å². The van der Waals surface area contributed by atoms with E-state index in [0.717, 1.165) is 25.6 Å². The van der Waals surface area contributed by atoms with Crippen LogP contribution in [-0.4, -0.2) is 40.3 Å². The van der Waals surface area contributed by atoms with Gasteiger partial charge in [-0.25, -0.2) is 8.78 Å². The van der Waals surface area contributed by atoms with Crippen LogP contribution in [-0.2, 0) is 0 Å². The van der Waals surface area contributed by atoms with Crippen LogP contribution in [0.25, 0.3) is 11.3 Å². The Morgan fingerprint density at radius 3 is 2.43 bits per heavy atom. The molecule has 2 aliphatic rings. The Morgan fingerprint density at radius 1 is 1.00 bits per heavy atom. The summed E-state index contributed by atoms with van der Waals surface area (Å²) >= 11 is 0. The van der Waals surface area contributed by atoms with Gasteiger partial charge in [-0.15, -0.1) is 10.2 Å². The van der Waals surface area contributed by atoms with Gasteiger partial charge in [0.25, 0.3) is 0 Å². The average Bonchev–Trinajstić information content (AvgIpc) is 3.29. The fourth-order valence-corrected chi connectivity index (χ4v) is 3.17. The Labute approximate surface area is 133 Å². The molecule has 1 atom stereocenters. The zero-order chi connectivity index (χ0) is 15.8. The summed E-state index contributed by atoms with van der Waals surface area (Å²) < 4.78 is 27.5. The van der Waals surface area contributed by atoms with Crippen LogP contribution >= 0.6 is 0 Å². The molecule has 1 aromatic carbocycles. The third-order valence-corrected chi connectivity index (χ3v) is 4.52. The van der Waals surface area contributed by atoms with E-state index in [2.05, 4.69) is 20.4 Å². The van der Waals surface area contributed by atoms with Crippen molar-refractivity contribution < 1.29 is 8.78 Å². The summed E-state index contributed by atoms with van der Waals surface area (Å²) in [4.78, 5) is 2.51. The number of likely N-dealkylation sites (tertiary alicyclic amines) is 1. The van der Waals surface area contributed by atoms with E-state index in [-0.39, 0.29) is 11.3 Å². The van der Waals surface area contributed by atoms with Crippen molar-refractivity contribution in [2.24, 2.45) is 0 Å². The molecule has 23 heavy (non-hydrogen) atoms. The zero-order valence-corrected chi connectivity index (χ0v) is 12.7. The summed E-state index contributed by atoms with van der Waals surface area (Å²) in [5, 5.41) is 11.4. The molecular formula is C17H18F2N4. The second-order valence-corrected chi connectivity index (χ2v) is 6.26. The topological polar surface area (TPSA) is 41.0 Å². The summed E-state index contributed by atoms with van der Waals surface area (Å²) in [7, 11) is 0. The van der Waals surface area contributed by atoms with Crippen LogP contribution in [0.2, 0.25) is 0 Å². The summed E-state index contributed by atoms with van der Waals surface area (Å²) in [6, 6.07) is 8.25. The molecule has 1 saturated heterocycles. The first kappa shape index (κ1) is 14.5. The first-order valence-electron chi connectivity index (χ1n) is 7.99. The number of rotatable bonds is 4. The smallest absolute Gasteiger partial charge is 0.148 e. The van der Waals surface area contributed by atoms with E-state index < -0.39 is 11.6 Å². The summed E-state index contributed by atoms with van der Waals surface area (Å²) in [6.07, 6.45) is 3.72. The number of hydrogen-bond donors (Lipinski definition) is 1. The standard InChI is InChI=1S/C17H18F2N4/c18-13-2-1-3-14(19)17(13)15-6-7-16(22-21-15)20-11-8-9-23(10-11)12-4-5-12/h1-3,6-7,11-12H,4-5,8-10H2,(H,20,22). The van der Waals surface area contributed by atoms with Crippen LogP contribution in [0.4, 0.5) is 14.6 Å². The summed E-state index contributed by atoms with van der Waals surface area (Å²) in [6.45, 7) is 2.14. The molecule has 2 fully saturated rings. The van der Waals surface area contributed by atoms with Crippen LogP contribution in [0, 0.1) is 11.6 Å². The lowest BCUT2D eigenvalue weighted by atomic mass is 10.1. The highest BCUT2D eigenvalue weighted by Gasteiger charge is 2.34. The highest BCUT2D eigenvalue weighted by Crippen LogP contribution is 2.30. The van der Waals surface area contributed by atoms with Gasteiger partial charge < -0.3 is 5.32 Å². The Bertz CT molecular complexity index is 680. The Hall–Kier alpha value is -2.08. The quantitative estimate of drug-likeness (QED) is 0.941. The number of hydrogen-bond acceptors (Lipinski definition) is 4.